The van der Waals surface area contributed by atoms with E-state index in [1.54, 1.807) is 7.11 Å². The van der Waals surface area contributed by atoms with E-state index in [1.165, 1.54) is 0 Å². The molecule has 0 saturated carbocycles. The van der Waals surface area contributed by atoms with Crippen molar-refractivity contribution in [2.45, 2.75) is 26.3 Å². The number of piperidine rings is 1. The van der Waals surface area contributed by atoms with Crippen LogP contribution in [0.25, 0.3) is 0 Å². The fourth-order valence-electron chi connectivity index (χ4n) is 2.56. The van der Waals surface area contributed by atoms with Gasteiger partial charge in [0.25, 0.3) is 0 Å². The third kappa shape index (κ3) is 3.43. The number of rotatable bonds is 4. The van der Waals surface area contributed by atoms with Gasteiger partial charge in [-0.05, 0) is 44.1 Å². The second-order valence-electron chi connectivity index (χ2n) is 5.66. The van der Waals surface area contributed by atoms with Crippen LogP contribution >= 0.6 is 23.8 Å². The molecule has 1 aliphatic rings. The number of ether oxygens (including phenoxy) is 1. The first-order chi connectivity index (χ1) is 9.44. The maximum absolute atomic E-state index is 6.07. The summed E-state index contributed by atoms with van der Waals surface area (Å²) in [6.45, 7) is 4.98. The molecule has 1 fully saturated rings. The third-order valence-electron chi connectivity index (χ3n) is 4.19. The zero-order chi connectivity index (χ0) is 14.8. The first-order valence-electron chi connectivity index (χ1n) is 6.79. The van der Waals surface area contributed by atoms with Crippen LogP contribution in [0.5, 0.6) is 5.75 Å². The summed E-state index contributed by atoms with van der Waals surface area (Å²) in [4.78, 5) is 3.03. The van der Waals surface area contributed by atoms with E-state index in [1.807, 2.05) is 18.2 Å². The van der Waals surface area contributed by atoms with Crippen molar-refractivity contribution in [2.24, 2.45) is 11.1 Å². The Bertz CT molecular complexity index is 499. The van der Waals surface area contributed by atoms with Gasteiger partial charge in [0.1, 0.15) is 5.75 Å². The predicted molar refractivity (Wildman–Crippen MR) is 87.4 cm³/mol. The van der Waals surface area contributed by atoms with Crippen LogP contribution in [-0.4, -0.2) is 30.1 Å². The quantitative estimate of drug-likeness (QED) is 0.866. The lowest BCUT2D eigenvalue weighted by atomic mass is 9.80. The summed E-state index contributed by atoms with van der Waals surface area (Å²) in [5.74, 6) is 0.886. The Morgan fingerprint density at radius 2 is 2.10 bits per heavy atom. The summed E-state index contributed by atoms with van der Waals surface area (Å²) in [6.07, 6.45) is 2.01. The van der Waals surface area contributed by atoms with Gasteiger partial charge in [-0.15, -0.1) is 0 Å². The second kappa shape index (κ2) is 6.29. The zero-order valence-corrected chi connectivity index (χ0v) is 13.6. The van der Waals surface area contributed by atoms with Crippen LogP contribution in [0.3, 0.4) is 0 Å². The maximum atomic E-state index is 6.07. The average molecular weight is 313 g/mol. The summed E-state index contributed by atoms with van der Waals surface area (Å²) in [5, 5.41) is 0.741. The molecule has 3 nitrogen and oxygen atoms in total. The molecule has 5 heteroatoms. The number of nitrogens with zero attached hydrogens (tertiary/aromatic N) is 1. The van der Waals surface area contributed by atoms with Crippen molar-refractivity contribution in [2.75, 3.05) is 20.2 Å². The zero-order valence-electron chi connectivity index (χ0n) is 12.0. The van der Waals surface area contributed by atoms with Gasteiger partial charge in [0.15, 0.2) is 0 Å². The molecule has 2 rings (SSSR count). The highest BCUT2D eigenvalue weighted by Gasteiger charge is 2.32. The van der Waals surface area contributed by atoms with Gasteiger partial charge in [-0.25, -0.2) is 0 Å². The van der Waals surface area contributed by atoms with Gasteiger partial charge in [-0.1, -0.05) is 30.7 Å². The van der Waals surface area contributed by atoms with Crippen LogP contribution in [0, 0.1) is 5.41 Å². The summed E-state index contributed by atoms with van der Waals surface area (Å²) in [7, 11) is 1.69. The van der Waals surface area contributed by atoms with Gasteiger partial charge >= 0.3 is 0 Å². The minimum Gasteiger partial charge on any atom is -0.496 e. The van der Waals surface area contributed by atoms with Gasteiger partial charge in [0.2, 0.25) is 0 Å². The molecule has 0 radical (unpaired) electrons. The van der Waals surface area contributed by atoms with E-state index in [-0.39, 0.29) is 5.41 Å². The summed E-state index contributed by atoms with van der Waals surface area (Å²) in [5.41, 5.74) is 6.97. The molecule has 20 heavy (non-hydrogen) atoms. The maximum Gasteiger partial charge on any atom is 0.123 e. The fourth-order valence-corrected chi connectivity index (χ4v) is 2.96. The van der Waals surface area contributed by atoms with Gasteiger partial charge in [-0.2, -0.15) is 0 Å². The van der Waals surface area contributed by atoms with Crippen molar-refractivity contribution in [1.29, 1.82) is 0 Å². The normalized spacial score (nSPS) is 18.8. The Morgan fingerprint density at radius 3 is 2.65 bits per heavy atom. The Kier molecular flexibility index (Phi) is 4.89. The number of likely N-dealkylation sites (tertiary alicyclic amines) is 1. The van der Waals surface area contributed by atoms with Crippen molar-refractivity contribution in [1.82, 2.24) is 4.90 Å². The number of thiocarbonyl (C=S) groups is 1. The van der Waals surface area contributed by atoms with E-state index in [9.17, 15) is 0 Å². The molecule has 0 aromatic heterocycles. The molecule has 0 aliphatic carbocycles. The Hall–Kier alpha value is -0.840. The standard InChI is InChI=1S/C15H21ClN2OS/c1-15(14(17)20)5-7-18(8-6-15)10-11-9-12(16)3-4-13(11)19-2/h3-4,9H,5-8,10H2,1-2H3,(H2,17,20). The van der Waals surface area contributed by atoms with Crippen LogP contribution in [0.1, 0.15) is 25.3 Å². The highest BCUT2D eigenvalue weighted by atomic mass is 35.5. The molecule has 1 aromatic rings. The van der Waals surface area contributed by atoms with Gasteiger partial charge in [-0.3, -0.25) is 4.90 Å². The smallest absolute Gasteiger partial charge is 0.123 e. The minimum atomic E-state index is 0.00422. The van der Waals surface area contributed by atoms with Crippen molar-refractivity contribution < 1.29 is 4.74 Å². The lowest BCUT2D eigenvalue weighted by Crippen LogP contribution is -2.44. The van der Waals surface area contributed by atoms with Crippen molar-refractivity contribution in [3.63, 3.8) is 0 Å². The molecule has 2 N–H and O–H groups in total. The Morgan fingerprint density at radius 1 is 1.45 bits per heavy atom. The number of nitrogens with two attached hydrogens (primary N) is 1. The Balaban J connectivity index is 2.03. The molecule has 0 atom stereocenters. The van der Waals surface area contributed by atoms with E-state index < -0.39 is 0 Å². The molecular weight excluding hydrogens is 292 g/mol. The predicted octanol–water partition coefficient (Wildman–Crippen LogP) is 3.24. The lowest BCUT2D eigenvalue weighted by molar-refractivity contribution is 0.156. The molecule has 110 valence electrons. The lowest BCUT2D eigenvalue weighted by Gasteiger charge is -2.38. The molecule has 1 aromatic carbocycles. The van der Waals surface area contributed by atoms with Gasteiger partial charge < -0.3 is 10.5 Å². The van der Waals surface area contributed by atoms with Gasteiger partial charge in [0, 0.05) is 22.5 Å². The molecule has 0 unspecified atom stereocenters. The average Bonchev–Trinajstić information content (AvgIpc) is 2.42. The van der Waals surface area contributed by atoms with Gasteiger partial charge in [0.05, 0.1) is 12.1 Å². The number of hydrogen-bond acceptors (Lipinski definition) is 3. The number of methoxy groups -OCH3 is 1. The number of hydrogen-bond donors (Lipinski definition) is 1. The molecule has 0 bridgehead atoms. The molecule has 1 aliphatic heterocycles. The first-order valence-corrected chi connectivity index (χ1v) is 7.58. The van der Waals surface area contributed by atoms with Crippen molar-refractivity contribution in [3.05, 3.63) is 28.8 Å². The molecule has 1 heterocycles. The Labute approximate surface area is 131 Å². The molecule has 0 spiro atoms. The highest BCUT2D eigenvalue weighted by molar-refractivity contribution is 7.80. The molecular formula is C15H21ClN2OS. The third-order valence-corrected chi connectivity index (χ3v) is 4.92. The van der Waals surface area contributed by atoms with Crippen LogP contribution in [0.2, 0.25) is 5.02 Å². The molecule has 1 saturated heterocycles. The fraction of sp³-hybridized carbons (Fsp3) is 0.533. The van der Waals surface area contributed by atoms with E-state index in [0.717, 1.165) is 48.8 Å². The summed E-state index contributed by atoms with van der Waals surface area (Å²) < 4.78 is 5.39. The van der Waals surface area contributed by atoms with Crippen molar-refractivity contribution in [3.8, 4) is 5.75 Å². The second-order valence-corrected chi connectivity index (χ2v) is 6.53. The van der Waals surface area contributed by atoms with Crippen molar-refractivity contribution >= 4 is 28.8 Å². The summed E-state index contributed by atoms with van der Waals surface area (Å²) in [6, 6.07) is 5.74. The van der Waals surface area contributed by atoms with Crippen LogP contribution < -0.4 is 10.5 Å². The highest BCUT2D eigenvalue weighted by Crippen LogP contribution is 2.33. The first kappa shape index (κ1) is 15.5. The van der Waals surface area contributed by atoms with E-state index >= 15 is 0 Å². The van der Waals surface area contributed by atoms with Crippen LogP contribution in [0.15, 0.2) is 18.2 Å². The summed E-state index contributed by atoms with van der Waals surface area (Å²) >= 11 is 11.2. The van der Waals surface area contributed by atoms with E-state index in [4.69, 9.17) is 34.3 Å². The van der Waals surface area contributed by atoms with E-state index in [0.29, 0.717) is 4.99 Å². The minimum absolute atomic E-state index is 0.00422. The SMILES string of the molecule is COc1ccc(Cl)cc1CN1CCC(C)(C(N)=S)CC1. The monoisotopic (exact) mass is 312 g/mol. The van der Waals surface area contributed by atoms with Crippen LogP contribution in [-0.2, 0) is 6.54 Å². The number of benzene rings is 1. The van der Waals surface area contributed by atoms with Crippen LogP contribution in [0.4, 0.5) is 0 Å². The van der Waals surface area contributed by atoms with E-state index in [2.05, 4.69) is 11.8 Å². The topological polar surface area (TPSA) is 38.5 Å². The largest absolute Gasteiger partial charge is 0.496 e. The number of halogens is 1. The molecule has 0 amide bonds.